The second-order valence-electron chi connectivity index (χ2n) is 9.18. The van der Waals surface area contributed by atoms with E-state index in [1.165, 1.54) is 11.3 Å². The van der Waals surface area contributed by atoms with E-state index in [9.17, 15) is 9.59 Å². The van der Waals surface area contributed by atoms with Crippen molar-refractivity contribution < 1.29 is 14.3 Å². The van der Waals surface area contributed by atoms with E-state index in [0.717, 1.165) is 30.5 Å². The molecule has 5 rings (SSSR count). The summed E-state index contributed by atoms with van der Waals surface area (Å²) in [7, 11) is 0. The molecule has 0 N–H and O–H groups in total. The molecule has 4 aromatic rings. The summed E-state index contributed by atoms with van der Waals surface area (Å²) in [6, 6.07) is 20.9. The van der Waals surface area contributed by atoms with E-state index in [1.54, 1.807) is 30.2 Å². The molecular formula is C31H26Br2N2O4S2. The molecule has 6 nitrogen and oxygen atoms in total. The quantitative estimate of drug-likeness (QED) is 0.152. The summed E-state index contributed by atoms with van der Waals surface area (Å²) in [4.78, 5) is 33.2. The van der Waals surface area contributed by atoms with E-state index in [-0.39, 0.29) is 12.2 Å². The van der Waals surface area contributed by atoms with E-state index >= 15 is 0 Å². The maximum absolute atomic E-state index is 13.9. The molecule has 1 aromatic heterocycles. The Morgan fingerprint density at radius 3 is 2.49 bits per heavy atom. The van der Waals surface area contributed by atoms with Crippen molar-refractivity contribution in [1.82, 2.24) is 4.57 Å². The monoisotopic (exact) mass is 712 g/mol. The van der Waals surface area contributed by atoms with Crippen LogP contribution in [-0.2, 0) is 16.1 Å². The lowest BCUT2D eigenvalue weighted by molar-refractivity contribution is -0.139. The molecule has 0 fully saturated rings. The number of aromatic nitrogens is 1. The van der Waals surface area contributed by atoms with Gasteiger partial charge in [-0.05, 0) is 95.2 Å². The van der Waals surface area contributed by atoms with Crippen molar-refractivity contribution >= 4 is 67.0 Å². The number of benzene rings is 3. The van der Waals surface area contributed by atoms with Gasteiger partial charge in [-0.15, -0.1) is 11.8 Å². The van der Waals surface area contributed by atoms with Gasteiger partial charge < -0.3 is 9.47 Å². The lowest BCUT2D eigenvalue weighted by Gasteiger charge is -2.24. The Morgan fingerprint density at radius 1 is 1.10 bits per heavy atom. The van der Waals surface area contributed by atoms with Gasteiger partial charge >= 0.3 is 5.97 Å². The molecule has 0 unspecified atom stereocenters. The third kappa shape index (κ3) is 6.45. The molecule has 2 heterocycles. The fourth-order valence-corrected chi connectivity index (χ4v) is 6.74. The van der Waals surface area contributed by atoms with Crippen molar-refractivity contribution in [3.63, 3.8) is 0 Å². The number of carbonyl (C=O) groups excluding carboxylic acids is 1. The minimum absolute atomic E-state index is 0.214. The van der Waals surface area contributed by atoms with Crippen LogP contribution in [-0.4, -0.2) is 23.4 Å². The van der Waals surface area contributed by atoms with Gasteiger partial charge in [-0.3, -0.25) is 9.36 Å². The van der Waals surface area contributed by atoms with Gasteiger partial charge in [0.05, 0.1) is 32.9 Å². The Labute approximate surface area is 262 Å². The van der Waals surface area contributed by atoms with Crippen molar-refractivity contribution in [3.8, 4) is 5.75 Å². The number of hydrogen-bond acceptors (Lipinski definition) is 7. The van der Waals surface area contributed by atoms with E-state index in [1.807, 2.05) is 79.1 Å². The Morgan fingerprint density at radius 2 is 1.83 bits per heavy atom. The fourth-order valence-electron chi connectivity index (χ4n) is 4.51. The SMILES string of the molecule is CCOC(=O)C1=C(C)N=c2s/c(=C\c3ccc(OCc4ccc(Br)cc4)c(Br)c3)c(=O)n2[C@@H]1c1ccc(SC)cc1. The molecule has 0 aliphatic carbocycles. The van der Waals surface area contributed by atoms with Crippen LogP contribution in [0.2, 0.25) is 0 Å². The lowest BCUT2D eigenvalue weighted by atomic mass is 9.96. The largest absolute Gasteiger partial charge is 0.488 e. The summed E-state index contributed by atoms with van der Waals surface area (Å²) in [5, 5.41) is 0. The highest BCUT2D eigenvalue weighted by molar-refractivity contribution is 9.10. The molecule has 1 aliphatic heterocycles. The van der Waals surface area contributed by atoms with Gasteiger partial charge in [0, 0.05) is 9.37 Å². The number of thiazole rings is 1. The predicted octanol–water partition coefficient (Wildman–Crippen LogP) is 6.62. The number of ether oxygens (including phenoxy) is 2. The van der Waals surface area contributed by atoms with Crippen molar-refractivity contribution in [2.45, 2.75) is 31.4 Å². The molecular weight excluding hydrogens is 688 g/mol. The Bertz CT molecular complexity index is 1810. The molecule has 0 radical (unpaired) electrons. The third-order valence-electron chi connectivity index (χ3n) is 6.51. The number of allylic oxidation sites excluding steroid dienone is 1. The van der Waals surface area contributed by atoms with Crippen LogP contribution < -0.4 is 19.6 Å². The first-order valence-corrected chi connectivity index (χ1v) is 16.4. The van der Waals surface area contributed by atoms with Crippen molar-refractivity contribution in [2.75, 3.05) is 12.9 Å². The minimum Gasteiger partial charge on any atom is -0.488 e. The molecule has 3 aromatic carbocycles. The number of fused-ring (bicyclic) bond motifs is 1. The fraction of sp³-hybridized carbons (Fsp3) is 0.194. The van der Waals surface area contributed by atoms with Gasteiger partial charge in [0.1, 0.15) is 12.4 Å². The maximum Gasteiger partial charge on any atom is 0.338 e. The first-order chi connectivity index (χ1) is 19.8. The van der Waals surface area contributed by atoms with Gasteiger partial charge in [0.15, 0.2) is 4.80 Å². The maximum atomic E-state index is 13.9. The zero-order chi connectivity index (χ0) is 29.1. The van der Waals surface area contributed by atoms with Crippen LogP contribution >= 0.6 is 55.0 Å². The van der Waals surface area contributed by atoms with Crippen molar-refractivity contribution in [3.05, 3.63) is 123 Å². The molecule has 10 heteroatoms. The number of nitrogens with zero attached hydrogens (tertiary/aromatic N) is 2. The number of thioether (sulfide) groups is 1. The van der Waals surface area contributed by atoms with Crippen molar-refractivity contribution in [1.29, 1.82) is 0 Å². The smallest absolute Gasteiger partial charge is 0.338 e. The van der Waals surface area contributed by atoms with Crippen LogP contribution in [0.5, 0.6) is 5.75 Å². The second-order valence-corrected chi connectivity index (χ2v) is 12.8. The summed E-state index contributed by atoms with van der Waals surface area (Å²) in [5.74, 6) is 0.236. The Balaban J connectivity index is 1.51. The third-order valence-corrected chi connectivity index (χ3v) is 9.38. The Kier molecular flexibility index (Phi) is 9.33. The van der Waals surface area contributed by atoms with Crippen LogP contribution in [0.15, 0.2) is 102 Å². The van der Waals surface area contributed by atoms with E-state index in [0.29, 0.717) is 33.0 Å². The van der Waals surface area contributed by atoms with Gasteiger partial charge in [-0.2, -0.15) is 0 Å². The standard InChI is InChI=1S/C31H26Br2N2O4S2/c1-4-38-30(37)27-18(2)34-31-35(28(27)21-8-12-23(40-3)13-9-21)29(36)26(41-31)16-20-7-14-25(24(33)15-20)39-17-19-5-10-22(32)11-6-19/h5-16,28H,4,17H2,1-3H3/b26-16-/t28-/m1/s1. The molecule has 41 heavy (non-hydrogen) atoms. The zero-order valence-electron chi connectivity index (χ0n) is 22.5. The summed E-state index contributed by atoms with van der Waals surface area (Å²) in [5.41, 5.74) is 3.42. The molecule has 0 bridgehead atoms. The van der Waals surface area contributed by atoms with Crippen LogP contribution in [0.3, 0.4) is 0 Å². The molecule has 1 atom stereocenters. The van der Waals surface area contributed by atoms with E-state index in [2.05, 4.69) is 36.9 Å². The average molecular weight is 715 g/mol. The molecule has 210 valence electrons. The van der Waals surface area contributed by atoms with Crippen LogP contribution in [0.4, 0.5) is 0 Å². The number of hydrogen-bond donors (Lipinski definition) is 0. The number of halogens is 2. The van der Waals surface area contributed by atoms with Gasteiger partial charge in [-0.1, -0.05) is 57.6 Å². The number of esters is 1. The Hall–Kier alpha value is -2.92. The second kappa shape index (κ2) is 12.9. The summed E-state index contributed by atoms with van der Waals surface area (Å²) in [6.07, 6.45) is 3.84. The van der Waals surface area contributed by atoms with Gasteiger partial charge in [0.2, 0.25) is 0 Å². The first kappa shape index (κ1) is 29.6. The molecule has 0 spiro atoms. The van der Waals surface area contributed by atoms with Gasteiger partial charge in [-0.25, -0.2) is 9.79 Å². The van der Waals surface area contributed by atoms with Crippen LogP contribution in [0.1, 0.15) is 36.6 Å². The average Bonchev–Trinajstić information content (AvgIpc) is 3.26. The topological polar surface area (TPSA) is 69.9 Å². The highest BCUT2D eigenvalue weighted by atomic mass is 79.9. The van der Waals surface area contributed by atoms with Crippen molar-refractivity contribution in [2.24, 2.45) is 4.99 Å². The zero-order valence-corrected chi connectivity index (χ0v) is 27.3. The molecule has 0 saturated carbocycles. The van der Waals surface area contributed by atoms with Crippen LogP contribution in [0.25, 0.3) is 6.08 Å². The molecule has 1 aliphatic rings. The molecule has 0 saturated heterocycles. The number of rotatable bonds is 8. The predicted molar refractivity (Wildman–Crippen MR) is 171 cm³/mol. The van der Waals surface area contributed by atoms with Gasteiger partial charge in [0.25, 0.3) is 5.56 Å². The number of carbonyl (C=O) groups is 1. The normalized spacial score (nSPS) is 15.0. The summed E-state index contributed by atoms with van der Waals surface area (Å²) >= 11 is 9.99. The highest BCUT2D eigenvalue weighted by Gasteiger charge is 2.33. The first-order valence-electron chi connectivity index (χ1n) is 12.8. The molecule has 0 amide bonds. The van der Waals surface area contributed by atoms with E-state index in [4.69, 9.17) is 9.47 Å². The van der Waals surface area contributed by atoms with E-state index < -0.39 is 12.0 Å². The summed E-state index contributed by atoms with van der Waals surface area (Å²) in [6.45, 7) is 4.22. The van der Waals surface area contributed by atoms with Crippen LogP contribution in [0, 0.1) is 0 Å². The summed E-state index contributed by atoms with van der Waals surface area (Å²) < 4.78 is 15.3. The lowest BCUT2D eigenvalue weighted by Crippen LogP contribution is -2.39. The minimum atomic E-state index is -0.635. The highest BCUT2D eigenvalue weighted by Crippen LogP contribution is 2.32.